The molecule has 1 aliphatic rings. The second kappa shape index (κ2) is 14.0. The minimum Gasteiger partial charge on any atom is -0.352 e. The van der Waals surface area contributed by atoms with Crippen LogP contribution in [0.5, 0.6) is 0 Å². The van der Waals surface area contributed by atoms with Crippen LogP contribution in [0.3, 0.4) is 0 Å². The summed E-state index contributed by atoms with van der Waals surface area (Å²) in [7, 11) is -4.09. The second-order valence-corrected chi connectivity index (χ2v) is 13.2. The van der Waals surface area contributed by atoms with Crippen LogP contribution >= 0.6 is 0 Å². The third kappa shape index (κ3) is 7.59. The Morgan fingerprint density at radius 2 is 1.45 bits per heavy atom. The summed E-state index contributed by atoms with van der Waals surface area (Å²) >= 11 is 0. The number of nitrogens with one attached hydrogen (secondary N) is 1. The molecule has 3 aromatic rings. The maximum atomic E-state index is 14.3. The van der Waals surface area contributed by atoms with Crippen LogP contribution in [0.25, 0.3) is 0 Å². The number of hydrogen-bond donors (Lipinski definition) is 1. The molecule has 0 heterocycles. The second-order valence-electron chi connectivity index (χ2n) is 11.4. The molecule has 1 atom stereocenters. The van der Waals surface area contributed by atoms with Crippen LogP contribution in [0, 0.1) is 20.8 Å². The average Bonchev–Trinajstić information content (AvgIpc) is 2.98. The van der Waals surface area contributed by atoms with E-state index < -0.39 is 28.5 Å². The molecule has 0 aliphatic heterocycles. The summed E-state index contributed by atoms with van der Waals surface area (Å²) in [6.45, 7) is 7.37. The molecular formula is C34H43N3O4S. The molecule has 3 aromatic carbocycles. The monoisotopic (exact) mass is 589 g/mol. The van der Waals surface area contributed by atoms with Crippen molar-refractivity contribution in [2.24, 2.45) is 0 Å². The van der Waals surface area contributed by atoms with Crippen molar-refractivity contribution >= 4 is 27.5 Å². The first kappa shape index (κ1) is 31.3. The number of para-hydroxylation sites is 1. The molecule has 4 rings (SSSR count). The highest BCUT2D eigenvalue weighted by atomic mass is 32.2. The molecule has 0 radical (unpaired) electrons. The predicted molar refractivity (Wildman–Crippen MR) is 168 cm³/mol. The third-order valence-corrected chi connectivity index (χ3v) is 9.86. The summed E-state index contributed by atoms with van der Waals surface area (Å²) in [5.74, 6) is -0.617. The fraction of sp³-hybridized carbons (Fsp3) is 0.412. The zero-order chi connectivity index (χ0) is 30.3. The van der Waals surface area contributed by atoms with E-state index in [1.54, 1.807) is 41.3 Å². The van der Waals surface area contributed by atoms with Gasteiger partial charge in [0.15, 0.2) is 0 Å². The number of carbonyl (C=O) groups is 2. The Morgan fingerprint density at radius 1 is 0.857 bits per heavy atom. The number of carbonyl (C=O) groups excluding carboxylic acids is 2. The van der Waals surface area contributed by atoms with E-state index in [9.17, 15) is 18.0 Å². The maximum Gasteiger partial charge on any atom is 0.264 e. The molecule has 1 saturated carbocycles. The molecule has 0 spiro atoms. The summed E-state index contributed by atoms with van der Waals surface area (Å²) < 4.78 is 29.3. The molecule has 224 valence electrons. The first-order valence-corrected chi connectivity index (χ1v) is 16.3. The van der Waals surface area contributed by atoms with Gasteiger partial charge in [-0.3, -0.25) is 13.9 Å². The standard InChI is InChI=1S/C34H43N3O4S/c1-5-31(34(39)35-29-12-7-6-8-13-29)36(23-28-19-15-25(2)16-20-28)33(38)24-37(32-14-10-9-11-27(32)4)42(40,41)30-21-17-26(3)18-22-30/h9-11,14-22,29,31H,5-8,12-13,23-24H2,1-4H3,(H,35,39)/t31-/m1/s1. The zero-order valence-electron chi connectivity index (χ0n) is 25.2. The van der Waals surface area contributed by atoms with Crippen molar-refractivity contribution in [2.75, 3.05) is 10.8 Å². The number of amides is 2. The van der Waals surface area contributed by atoms with Gasteiger partial charge in [0.2, 0.25) is 11.8 Å². The molecular weight excluding hydrogens is 546 g/mol. The molecule has 1 fully saturated rings. The molecule has 7 nitrogen and oxygen atoms in total. The highest BCUT2D eigenvalue weighted by Crippen LogP contribution is 2.28. The van der Waals surface area contributed by atoms with Gasteiger partial charge in [-0.15, -0.1) is 0 Å². The summed E-state index contributed by atoms with van der Waals surface area (Å²) in [4.78, 5) is 29.6. The highest BCUT2D eigenvalue weighted by molar-refractivity contribution is 7.92. The fourth-order valence-electron chi connectivity index (χ4n) is 5.55. The lowest BCUT2D eigenvalue weighted by molar-refractivity contribution is -0.140. The van der Waals surface area contributed by atoms with E-state index in [4.69, 9.17) is 0 Å². The fourth-order valence-corrected chi connectivity index (χ4v) is 7.03. The van der Waals surface area contributed by atoms with Crippen molar-refractivity contribution in [1.29, 1.82) is 0 Å². The van der Waals surface area contributed by atoms with Gasteiger partial charge < -0.3 is 10.2 Å². The quantitative estimate of drug-likeness (QED) is 0.294. The Labute approximate surface area is 251 Å². The largest absolute Gasteiger partial charge is 0.352 e. The average molecular weight is 590 g/mol. The highest BCUT2D eigenvalue weighted by Gasteiger charge is 2.34. The van der Waals surface area contributed by atoms with Crippen LogP contribution in [0.2, 0.25) is 0 Å². The van der Waals surface area contributed by atoms with Gasteiger partial charge in [-0.25, -0.2) is 8.42 Å². The van der Waals surface area contributed by atoms with E-state index in [2.05, 4.69) is 5.32 Å². The SMILES string of the molecule is CC[C@H](C(=O)NC1CCCCC1)N(Cc1ccc(C)cc1)C(=O)CN(c1ccccc1C)S(=O)(=O)c1ccc(C)cc1. The van der Waals surface area contributed by atoms with Crippen molar-refractivity contribution in [3.05, 3.63) is 95.1 Å². The Hall–Kier alpha value is -3.65. The van der Waals surface area contributed by atoms with Crippen LogP contribution < -0.4 is 9.62 Å². The number of hydrogen-bond acceptors (Lipinski definition) is 4. The Morgan fingerprint density at radius 3 is 2.05 bits per heavy atom. The maximum absolute atomic E-state index is 14.3. The van der Waals surface area contributed by atoms with Gasteiger partial charge in [0.25, 0.3) is 10.0 Å². The molecule has 1 aliphatic carbocycles. The van der Waals surface area contributed by atoms with E-state index in [0.717, 1.165) is 47.9 Å². The summed E-state index contributed by atoms with van der Waals surface area (Å²) in [6.07, 6.45) is 5.61. The van der Waals surface area contributed by atoms with E-state index in [0.29, 0.717) is 12.1 Å². The molecule has 0 aromatic heterocycles. The normalized spacial score (nSPS) is 14.7. The number of sulfonamides is 1. The van der Waals surface area contributed by atoms with Gasteiger partial charge in [0.05, 0.1) is 10.6 Å². The van der Waals surface area contributed by atoms with Crippen LogP contribution in [0.4, 0.5) is 5.69 Å². The summed E-state index contributed by atoms with van der Waals surface area (Å²) in [5.41, 5.74) is 4.07. The number of rotatable bonds is 11. The Bertz CT molecular complexity index is 1460. The van der Waals surface area contributed by atoms with Crippen LogP contribution in [-0.4, -0.2) is 43.8 Å². The Balaban J connectivity index is 1.71. The van der Waals surface area contributed by atoms with Gasteiger partial charge >= 0.3 is 0 Å². The zero-order valence-corrected chi connectivity index (χ0v) is 26.0. The van der Waals surface area contributed by atoms with Gasteiger partial charge in [-0.05, 0) is 69.4 Å². The predicted octanol–water partition coefficient (Wildman–Crippen LogP) is 6.06. The van der Waals surface area contributed by atoms with Crippen LogP contribution in [0.1, 0.15) is 67.7 Å². The first-order chi connectivity index (χ1) is 20.1. The smallest absolute Gasteiger partial charge is 0.264 e. The number of benzene rings is 3. The molecule has 0 saturated heterocycles. The molecule has 42 heavy (non-hydrogen) atoms. The van der Waals surface area contributed by atoms with Gasteiger partial charge in [-0.2, -0.15) is 0 Å². The van der Waals surface area contributed by atoms with E-state index >= 15 is 0 Å². The topological polar surface area (TPSA) is 86.8 Å². The van der Waals surface area contributed by atoms with Crippen molar-refractivity contribution in [1.82, 2.24) is 10.2 Å². The van der Waals surface area contributed by atoms with Crippen molar-refractivity contribution in [2.45, 2.75) is 89.7 Å². The molecule has 2 amide bonds. The first-order valence-electron chi connectivity index (χ1n) is 14.9. The van der Waals surface area contributed by atoms with E-state index in [1.807, 2.05) is 64.1 Å². The number of aryl methyl sites for hydroxylation is 3. The minimum absolute atomic E-state index is 0.0991. The van der Waals surface area contributed by atoms with Gasteiger partial charge in [0, 0.05) is 12.6 Å². The molecule has 8 heteroatoms. The van der Waals surface area contributed by atoms with E-state index in [1.165, 1.54) is 10.7 Å². The molecule has 0 bridgehead atoms. The van der Waals surface area contributed by atoms with Gasteiger partial charge in [-0.1, -0.05) is 91.9 Å². The van der Waals surface area contributed by atoms with Crippen molar-refractivity contribution in [3.63, 3.8) is 0 Å². The van der Waals surface area contributed by atoms with Gasteiger partial charge in [0.1, 0.15) is 12.6 Å². The third-order valence-electron chi connectivity index (χ3n) is 8.08. The number of anilines is 1. The van der Waals surface area contributed by atoms with Crippen molar-refractivity contribution in [3.8, 4) is 0 Å². The number of nitrogens with zero attached hydrogens (tertiary/aromatic N) is 2. The molecule has 0 unspecified atom stereocenters. The summed E-state index contributed by atoms with van der Waals surface area (Å²) in [6, 6.07) is 21.0. The van der Waals surface area contributed by atoms with Crippen molar-refractivity contribution < 1.29 is 18.0 Å². The lowest BCUT2D eigenvalue weighted by Gasteiger charge is -2.34. The van der Waals surface area contributed by atoms with E-state index in [-0.39, 0.29) is 23.4 Å². The molecule has 1 N–H and O–H groups in total. The van der Waals surface area contributed by atoms with Crippen LogP contribution in [-0.2, 0) is 26.2 Å². The lowest BCUT2D eigenvalue weighted by atomic mass is 9.95. The van der Waals surface area contributed by atoms with Crippen LogP contribution in [0.15, 0.2) is 77.7 Å². The minimum atomic E-state index is -4.09. The lowest BCUT2D eigenvalue weighted by Crippen LogP contribution is -2.54. The Kier molecular flexibility index (Phi) is 10.4. The summed E-state index contributed by atoms with van der Waals surface area (Å²) in [5, 5.41) is 3.19.